The topological polar surface area (TPSA) is 29.5 Å². The molecule has 1 saturated heterocycles. The van der Waals surface area contributed by atoms with Gasteiger partial charge >= 0.3 is 0 Å². The highest BCUT2D eigenvalue weighted by atomic mass is 79.9. The van der Waals surface area contributed by atoms with Gasteiger partial charge in [-0.05, 0) is 18.9 Å². The van der Waals surface area contributed by atoms with Crippen molar-refractivity contribution in [3.05, 3.63) is 34.3 Å². The molecule has 1 aromatic carbocycles. The molecule has 2 unspecified atom stereocenters. The zero-order valence-corrected chi connectivity index (χ0v) is 13.1. The lowest BCUT2D eigenvalue weighted by molar-refractivity contribution is -0.0846. The lowest BCUT2D eigenvalue weighted by Gasteiger charge is -2.43. The highest BCUT2D eigenvalue weighted by Gasteiger charge is 2.35. The molecule has 0 bridgehead atoms. The highest BCUT2D eigenvalue weighted by Crippen LogP contribution is 2.28. The zero-order valence-electron chi connectivity index (χ0n) is 11.6. The average molecular weight is 338 g/mol. The van der Waals surface area contributed by atoms with Crippen LogP contribution in [0.5, 0.6) is 0 Å². The predicted molar refractivity (Wildman–Crippen MR) is 82.0 cm³/mol. The van der Waals surface area contributed by atoms with Crippen LogP contribution in [0.15, 0.2) is 28.7 Å². The third-order valence-corrected chi connectivity index (χ3v) is 5.06. The van der Waals surface area contributed by atoms with Crippen molar-refractivity contribution in [2.75, 3.05) is 19.7 Å². The van der Waals surface area contributed by atoms with Gasteiger partial charge in [0.1, 0.15) is 0 Å². The van der Waals surface area contributed by atoms with E-state index in [0.717, 1.165) is 36.0 Å². The quantitative estimate of drug-likeness (QED) is 0.793. The van der Waals surface area contributed by atoms with Gasteiger partial charge in [0.15, 0.2) is 5.78 Å². The molecule has 0 amide bonds. The summed E-state index contributed by atoms with van der Waals surface area (Å²) in [6.45, 7) is 2.13. The van der Waals surface area contributed by atoms with Crippen molar-refractivity contribution in [3.63, 3.8) is 0 Å². The number of carbonyl (C=O) groups excluding carboxylic acids is 1. The first-order valence-electron chi connectivity index (χ1n) is 7.39. The van der Waals surface area contributed by atoms with Crippen LogP contribution in [-0.4, -0.2) is 42.5 Å². The second-order valence-corrected chi connectivity index (χ2v) is 6.49. The Morgan fingerprint density at radius 2 is 2.10 bits per heavy atom. The monoisotopic (exact) mass is 337 g/mol. The van der Waals surface area contributed by atoms with Crippen LogP contribution in [0.1, 0.15) is 36.0 Å². The normalized spacial score (nSPS) is 27.1. The third kappa shape index (κ3) is 2.97. The van der Waals surface area contributed by atoms with Gasteiger partial charge in [-0.25, -0.2) is 0 Å². The molecular formula is C16H20BrNO2. The minimum absolute atomic E-state index is 0.198. The maximum Gasteiger partial charge on any atom is 0.177 e. The van der Waals surface area contributed by atoms with Gasteiger partial charge in [0.05, 0.1) is 19.3 Å². The van der Waals surface area contributed by atoms with Crippen LogP contribution in [0.2, 0.25) is 0 Å². The van der Waals surface area contributed by atoms with E-state index < -0.39 is 0 Å². The fourth-order valence-corrected chi connectivity index (χ4v) is 3.84. The van der Waals surface area contributed by atoms with Gasteiger partial charge in [0.2, 0.25) is 0 Å². The molecule has 0 radical (unpaired) electrons. The molecule has 1 saturated carbocycles. The molecule has 20 heavy (non-hydrogen) atoms. The van der Waals surface area contributed by atoms with Crippen molar-refractivity contribution < 1.29 is 9.53 Å². The summed E-state index contributed by atoms with van der Waals surface area (Å²) in [4.78, 5) is 14.8. The molecule has 1 aromatic rings. The molecular weight excluding hydrogens is 318 g/mol. The van der Waals surface area contributed by atoms with E-state index in [1.807, 2.05) is 24.3 Å². The van der Waals surface area contributed by atoms with Crippen molar-refractivity contribution in [2.24, 2.45) is 0 Å². The van der Waals surface area contributed by atoms with E-state index in [1.54, 1.807) is 0 Å². The van der Waals surface area contributed by atoms with Gasteiger partial charge in [-0.1, -0.05) is 47.0 Å². The van der Waals surface area contributed by atoms with Crippen LogP contribution in [0, 0.1) is 0 Å². The molecule has 0 N–H and O–H groups in total. The summed E-state index contributed by atoms with van der Waals surface area (Å²) in [5.74, 6) is 0.198. The number of carbonyl (C=O) groups is 1. The van der Waals surface area contributed by atoms with E-state index in [2.05, 4.69) is 20.8 Å². The molecule has 1 heterocycles. The first-order valence-corrected chi connectivity index (χ1v) is 8.18. The maximum absolute atomic E-state index is 12.5. The Morgan fingerprint density at radius 1 is 1.30 bits per heavy atom. The number of Topliss-reactive ketones (excluding diaryl/α,β-unsaturated/α-hetero) is 1. The summed E-state index contributed by atoms with van der Waals surface area (Å²) in [7, 11) is 0. The van der Waals surface area contributed by atoms with Gasteiger partial charge in [-0.2, -0.15) is 0 Å². The van der Waals surface area contributed by atoms with E-state index in [-0.39, 0.29) is 5.78 Å². The number of nitrogens with zero attached hydrogens (tertiary/aromatic N) is 1. The first-order chi connectivity index (χ1) is 9.75. The third-order valence-electron chi connectivity index (χ3n) is 4.37. The average Bonchev–Trinajstić information content (AvgIpc) is 2.48. The molecule has 2 atom stereocenters. The molecule has 3 nitrogen and oxygen atoms in total. The number of rotatable bonds is 3. The fraction of sp³-hybridized carbons (Fsp3) is 0.562. The number of morpholine rings is 1. The summed E-state index contributed by atoms with van der Waals surface area (Å²) in [5.41, 5.74) is 0.784. The smallest absolute Gasteiger partial charge is 0.177 e. The Hall–Kier alpha value is -0.710. The van der Waals surface area contributed by atoms with E-state index in [0.29, 0.717) is 18.7 Å². The van der Waals surface area contributed by atoms with Gasteiger partial charge < -0.3 is 4.74 Å². The Kier molecular flexibility index (Phi) is 4.54. The van der Waals surface area contributed by atoms with Crippen molar-refractivity contribution >= 4 is 21.7 Å². The molecule has 2 fully saturated rings. The molecule has 1 aliphatic carbocycles. The Morgan fingerprint density at radius 3 is 2.95 bits per heavy atom. The number of hydrogen-bond donors (Lipinski definition) is 0. The van der Waals surface area contributed by atoms with Crippen LogP contribution in [-0.2, 0) is 4.74 Å². The van der Waals surface area contributed by atoms with Gasteiger partial charge in [0.25, 0.3) is 0 Å². The first kappa shape index (κ1) is 14.2. The SMILES string of the molecule is O=C(CN1CCOC2CCCCC21)c1ccccc1Br. The summed E-state index contributed by atoms with van der Waals surface area (Å²) in [5, 5.41) is 0. The summed E-state index contributed by atoms with van der Waals surface area (Å²) in [6, 6.07) is 8.11. The second-order valence-electron chi connectivity index (χ2n) is 5.63. The highest BCUT2D eigenvalue weighted by molar-refractivity contribution is 9.10. The van der Waals surface area contributed by atoms with E-state index >= 15 is 0 Å². The van der Waals surface area contributed by atoms with Crippen molar-refractivity contribution in [2.45, 2.75) is 37.8 Å². The fourth-order valence-electron chi connectivity index (χ4n) is 3.33. The molecule has 4 heteroatoms. The van der Waals surface area contributed by atoms with E-state index in [9.17, 15) is 4.79 Å². The minimum Gasteiger partial charge on any atom is -0.375 e. The Labute approximate surface area is 128 Å². The molecule has 0 aromatic heterocycles. The predicted octanol–water partition coefficient (Wildman–Crippen LogP) is 3.28. The molecule has 0 spiro atoms. The summed E-state index contributed by atoms with van der Waals surface area (Å²) >= 11 is 3.47. The number of benzene rings is 1. The molecule has 2 aliphatic rings. The standard InChI is InChI=1S/C16H20BrNO2/c17-13-6-2-1-5-12(13)15(19)11-18-9-10-20-16-8-4-3-7-14(16)18/h1-2,5-6,14,16H,3-4,7-11H2. The Balaban J connectivity index is 1.70. The summed E-state index contributed by atoms with van der Waals surface area (Å²) < 4.78 is 6.75. The number of ketones is 1. The van der Waals surface area contributed by atoms with Gasteiger partial charge in [0, 0.05) is 22.6 Å². The van der Waals surface area contributed by atoms with Crippen LogP contribution in [0.25, 0.3) is 0 Å². The minimum atomic E-state index is 0.198. The Bertz CT molecular complexity index is 489. The maximum atomic E-state index is 12.5. The number of halogens is 1. The summed E-state index contributed by atoms with van der Waals surface area (Å²) in [6.07, 6.45) is 5.15. The largest absolute Gasteiger partial charge is 0.375 e. The van der Waals surface area contributed by atoms with Gasteiger partial charge in [-0.3, -0.25) is 9.69 Å². The van der Waals surface area contributed by atoms with Crippen molar-refractivity contribution in [1.29, 1.82) is 0 Å². The van der Waals surface area contributed by atoms with Crippen molar-refractivity contribution in [1.82, 2.24) is 4.90 Å². The number of ether oxygens (including phenoxy) is 1. The molecule has 1 aliphatic heterocycles. The van der Waals surface area contributed by atoms with Gasteiger partial charge in [-0.15, -0.1) is 0 Å². The van der Waals surface area contributed by atoms with Crippen LogP contribution in [0.3, 0.4) is 0 Å². The lowest BCUT2D eigenvalue weighted by atomic mass is 9.90. The number of fused-ring (bicyclic) bond motifs is 1. The second kappa shape index (κ2) is 6.37. The number of hydrogen-bond acceptors (Lipinski definition) is 3. The zero-order chi connectivity index (χ0) is 13.9. The van der Waals surface area contributed by atoms with Crippen LogP contribution >= 0.6 is 15.9 Å². The van der Waals surface area contributed by atoms with Crippen LogP contribution in [0.4, 0.5) is 0 Å². The van der Waals surface area contributed by atoms with Crippen molar-refractivity contribution in [3.8, 4) is 0 Å². The molecule has 3 rings (SSSR count). The van der Waals surface area contributed by atoms with Crippen LogP contribution < -0.4 is 0 Å². The van der Waals surface area contributed by atoms with E-state index in [4.69, 9.17) is 4.74 Å². The van der Waals surface area contributed by atoms with E-state index in [1.165, 1.54) is 12.8 Å². The molecule has 108 valence electrons. The lowest BCUT2D eigenvalue weighted by Crippen LogP contribution is -2.53.